The lowest BCUT2D eigenvalue weighted by molar-refractivity contribution is -0.0445. The molecule has 1 N–H and O–H groups in total. The lowest BCUT2D eigenvalue weighted by atomic mass is 9.73. The summed E-state index contributed by atoms with van der Waals surface area (Å²) in [6.07, 6.45) is 3.83. The monoisotopic (exact) mass is 338 g/mol. The average molecular weight is 338 g/mol. The van der Waals surface area contributed by atoms with Crippen LogP contribution in [0.4, 0.5) is 0 Å². The summed E-state index contributed by atoms with van der Waals surface area (Å²) in [4.78, 5) is 7.06. The third kappa shape index (κ3) is 2.83. The molecule has 0 saturated carbocycles. The Kier molecular flexibility index (Phi) is 4.26. The van der Waals surface area contributed by atoms with Crippen molar-refractivity contribution in [2.75, 3.05) is 20.2 Å². The predicted molar refractivity (Wildman–Crippen MR) is 99.8 cm³/mol. The number of hydrogen-bond acceptors (Lipinski definition) is 4. The Morgan fingerprint density at radius 1 is 1.40 bits per heavy atom. The number of methoxy groups -OCH3 is 1. The van der Waals surface area contributed by atoms with Crippen molar-refractivity contribution in [2.45, 2.75) is 31.9 Å². The molecule has 2 unspecified atom stereocenters. The highest BCUT2D eigenvalue weighted by molar-refractivity contribution is 5.84. The number of piperidine rings is 3. The summed E-state index contributed by atoms with van der Waals surface area (Å²) in [7, 11) is 1.67. The molecule has 4 heterocycles. The predicted octanol–water partition coefficient (Wildman–Crippen LogP) is 3.48. The van der Waals surface area contributed by atoms with Crippen LogP contribution in [0.25, 0.3) is 10.9 Å². The molecule has 5 rings (SSSR count). The molecule has 4 nitrogen and oxygen atoms in total. The van der Waals surface area contributed by atoms with E-state index in [-0.39, 0.29) is 6.04 Å². The largest absolute Gasteiger partial charge is 0.497 e. The molecule has 1 aromatic heterocycles. The second-order valence-electron chi connectivity index (χ2n) is 7.43. The van der Waals surface area contributed by atoms with E-state index in [0.717, 1.165) is 47.4 Å². The lowest BCUT2D eigenvalue weighted by Gasteiger charge is -2.50. The molecule has 3 aliphatic heterocycles. The molecule has 3 fully saturated rings. The normalized spacial score (nSPS) is 29.6. The number of aliphatic hydroxyl groups is 1. The zero-order valence-electron chi connectivity index (χ0n) is 15.0. The van der Waals surface area contributed by atoms with Crippen molar-refractivity contribution in [3.63, 3.8) is 0 Å². The van der Waals surface area contributed by atoms with Crippen molar-refractivity contribution < 1.29 is 9.84 Å². The standard InChI is InChI=1S/C21H26N2O2/c1-4-14-12-23-8-7-15(14)10-20(23)21(24)18-9-13(2)22-19-6-5-16(25-3)11-17(18)19/h4-6,9,11,14-15,20-21,24H,1,7-8,10,12H2,2-3H3/t14-,15?,20-,21+/m0/s1. The number of hydrogen-bond donors (Lipinski definition) is 1. The van der Waals surface area contributed by atoms with Crippen LogP contribution in [0.3, 0.4) is 0 Å². The van der Waals surface area contributed by atoms with Crippen LogP contribution in [0.1, 0.15) is 30.2 Å². The molecule has 25 heavy (non-hydrogen) atoms. The molecule has 5 atom stereocenters. The number of aliphatic hydroxyl groups excluding tert-OH is 1. The molecule has 0 spiro atoms. The van der Waals surface area contributed by atoms with Crippen molar-refractivity contribution in [2.24, 2.45) is 11.8 Å². The van der Waals surface area contributed by atoms with Crippen molar-refractivity contribution in [3.05, 3.63) is 48.2 Å². The maximum absolute atomic E-state index is 11.3. The number of pyridine rings is 1. The lowest BCUT2D eigenvalue weighted by Crippen LogP contribution is -2.54. The molecule has 3 saturated heterocycles. The highest BCUT2D eigenvalue weighted by Crippen LogP contribution is 2.42. The van der Waals surface area contributed by atoms with E-state index >= 15 is 0 Å². The van der Waals surface area contributed by atoms with Crippen molar-refractivity contribution in [1.82, 2.24) is 9.88 Å². The van der Waals surface area contributed by atoms with Gasteiger partial charge < -0.3 is 9.84 Å². The fourth-order valence-electron chi connectivity index (χ4n) is 4.65. The molecule has 0 radical (unpaired) electrons. The number of rotatable bonds is 4. The van der Waals surface area contributed by atoms with Crippen LogP contribution in [0.2, 0.25) is 0 Å². The van der Waals surface area contributed by atoms with Crippen LogP contribution in [0.15, 0.2) is 36.9 Å². The Hall–Kier alpha value is -1.91. The fourth-order valence-corrected chi connectivity index (χ4v) is 4.65. The van der Waals surface area contributed by atoms with Gasteiger partial charge in [-0.3, -0.25) is 9.88 Å². The van der Waals surface area contributed by atoms with Crippen molar-refractivity contribution in [3.8, 4) is 5.75 Å². The van der Waals surface area contributed by atoms with Crippen LogP contribution < -0.4 is 4.74 Å². The van der Waals surface area contributed by atoms with Gasteiger partial charge in [-0.15, -0.1) is 6.58 Å². The second-order valence-corrected chi connectivity index (χ2v) is 7.43. The maximum atomic E-state index is 11.3. The summed E-state index contributed by atoms with van der Waals surface area (Å²) in [5.41, 5.74) is 2.82. The van der Waals surface area contributed by atoms with Gasteiger partial charge in [-0.2, -0.15) is 0 Å². The Morgan fingerprint density at radius 3 is 2.92 bits per heavy atom. The van der Waals surface area contributed by atoms with Crippen LogP contribution in [-0.2, 0) is 0 Å². The van der Waals surface area contributed by atoms with Gasteiger partial charge >= 0.3 is 0 Å². The Labute approximate surface area is 149 Å². The third-order valence-electron chi connectivity index (χ3n) is 6.01. The molecule has 4 heteroatoms. The minimum absolute atomic E-state index is 0.172. The SMILES string of the molecule is C=C[C@H]1CN2CCC1C[C@H]2[C@H](O)c1cc(C)nc2ccc(OC)cc12. The maximum Gasteiger partial charge on any atom is 0.119 e. The van der Waals surface area contributed by atoms with Gasteiger partial charge in [0.2, 0.25) is 0 Å². The minimum atomic E-state index is -0.509. The molecule has 1 aromatic carbocycles. The Morgan fingerprint density at radius 2 is 2.24 bits per heavy atom. The minimum Gasteiger partial charge on any atom is -0.497 e. The number of aromatic nitrogens is 1. The summed E-state index contributed by atoms with van der Waals surface area (Å²) in [6.45, 7) is 8.07. The van der Waals surface area contributed by atoms with E-state index in [2.05, 4.69) is 22.5 Å². The first kappa shape index (κ1) is 16.6. The number of ether oxygens (including phenoxy) is 1. The van der Waals surface area contributed by atoms with Gasteiger partial charge in [0.15, 0.2) is 0 Å². The Bertz CT molecular complexity index is 804. The van der Waals surface area contributed by atoms with Gasteiger partial charge in [0, 0.05) is 23.7 Å². The number of benzene rings is 1. The molecule has 0 aliphatic carbocycles. The smallest absolute Gasteiger partial charge is 0.119 e. The molecule has 2 aromatic rings. The molecular weight excluding hydrogens is 312 g/mol. The summed E-state index contributed by atoms with van der Waals surface area (Å²) >= 11 is 0. The summed E-state index contributed by atoms with van der Waals surface area (Å²) < 4.78 is 5.38. The van der Waals surface area contributed by atoms with E-state index in [1.807, 2.05) is 31.2 Å². The van der Waals surface area contributed by atoms with Gasteiger partial charge in [-0.1, -0.05) is 6.08 Å². The highest BCUT2D eigenvalue weighted by atomic mass is 16.5. The van der Waals surface area contributed by atoms with Gasteiger partial charge in [-0.05, 0) is 68.0 Å². The van der Waals surface area contributed by atoms with Crippen LogP contribution in [0.5, 0.6) is 5.75 Å². The summed E-state index contributed by atoms with van der Waals surface area (Å²) in [6, 6.07) is 8.08. The number of aryl methyl sites for hydroxylation is 1. The zero-order chi connectivity index (χ0) is 17.6. The van der Waals surface area contributed by atoms with Crippen LogP contribution >= 0.6 is 0 Å². The molecule has 3 aliphatic rings. The van der Waals surface area contributed by atoms with Gasteiger partial charge in [0.05, 0.1) is 18.7 Å². The van der Waals surface area contributed by atoms with Gasteiger partial charge in [0.1, 0.15) is 5.75 Å². The molecule has 2 bridgehead atoms. The quantitative estimate of drug-likeness (QED) is 0.867. The molecular formula is C21H26N2O2. The topological polar surface area (TPSA) is 45.6 Å². The van der Waals surface area contributed by atoms with E-state index in [1.54, 1.807) is 7.11 Å². The number of fused-ring (bicyclic) bond motifs is 4. The van der Waals surface area contributed by atoms with Crippen molar-refractivity contribution >= 4 is 10.9 Å². The molecule has 0 amide bonds. The van der Waals surface area contributed by atoms with Crippen LogP contribution in [0, 0.1) is 18.8 Å². The average Bonchev–Trinajstić information content (AvgIpc) is 2.66. The summed E-state index contributed by atoms with van der Waals surface area (Å²) in [5, 5.41) is 12.3. The highest BCUT2D eigenvalue weighted by Gasteiger charge is 2.42. The van der Waals surface area contributed by atoms with E-state index in [1.165, 1.54) is 6.42 Å². The van der Waals surface area contributed by atoms with E-state index < -0.39 is 6.10 Å². The first-order valence-corrected chi connectivity index (χ1v) is 9.10. The van der Waals surface area contributed by atoms with E-state index in [4.69, 9.17) is 4.74 Å². The summed E-state index contributed by atoms with van der Waals surface area (Å²) in [5.74, 6) is 2.00. The first-order chi connectivity index (χ1) is 12.1. The molecule has 132 valence electrons. The van der Waals surface area contributed by atoms with Gasteiger partial charge in [0.25, 0.3) is 0 Å². The van der Waals surface area contributed by atoms with Crippen LogP contribution in [-0.4, -0.2) is 41.2 Å². The second kappa shape index (κ2) is 6.43. The van der Waals surface area contributed by atoms with E-state index in [0.29, 0.717) is 11.8 Å². The zero-order valence-corrected chi connectivity index (χ0v) is 15.0. The third-order valence-corrected chi connectivity index (χ3v) is 6.01. The van der Waals surface area contributed by atoms with Gasteiger partial charge in [-0.25, -0.2) is 0 Å². The fraction of sp³-hybridized carbons (Fsp3) is 0.476. The Balaban J connectivity index is 1.73. The van der Waals surface area contributed by atoms with E-state index in [9.17, 15) is 5.11 Å². The number of nitrogens with zero attached hydrogens (tertiary/aromatic N) is 2. The first-order valence-electron chi connectivity index (χ1n) is 9.10. The van der Waals surface area contributed by atoms with Crippen molar-refractivity contribution in [1.29, 1.82) is 0 Å².